The Morgan fingerprint density at radius 3 is 2.67 bits per heavy atom. The van der Waals surface area contributed by atoms with Gasteiger partial charge in [0.15, 0.2) is 11.5 Å². The van der Waals surface area contributed by atoms with E-state index in [2.05, 4.69) is 9.88 Å². The number of carbonyl (C=O) groups excluding carboxylic acids is 1. The molecule has 3 rings (SSSR count). The topological polar surface area (TPSA) is 104 Å². The van der Waals surface area contributed by atoms with Crippen molar-refractivity contribution < 1.29 is 23.9 Å². The molecule has 9 heteroatoms. The van der Waals surface area contributed by atoms with Crippen LogP contribution in [0.2, 0.25) is 0 Å². The molecule has 0 radical (unpaired) electrons. The summed E-state index contributed by atoms with van der Waals surface area (Å²) < 4.78 is 16.0. The van der Waals surface area contributed by atoms with Gasteiger partial charge in [0.25, 0.3) is 5.69 Å². The molecule has 160 valence electrons. The van der Waals surface area contributed by atoms with E-state index in [0.29, 0.717) is 12.4 Å². The molecule has 0 saturated carbocycles. The number of ether oxygens (including phenoxy) is 3. The summed E-state index contributed by atoms with van der Waals surface area (Å²) in [5.74, 6) is -0.0169. The molecule has 0 amide bonds. The molecule has 1 aliphatic heterocycles. The maximum Gasteiger partial charge on any atom is 0.340 e. The highest BCUT2D eigenvalue weighted by Gasteiger charge is 2.26. The Morgan fingerprint density at radius 1 is 1.23 bits per heavy atom. The Morgan fingerprint density at radius 2 is 2.00 bits per heavy atom. The van der Waals surface area contributed by atoms with Crippen molar-refractivity contribution in [2.75, 3.05) is 40.5 Å². The molecule has 0 N–H and O–H groups in total. The van der Waals surface area contributed by atoms with E-state index in [4.69, 9.17) is 14.2 Å². The van der Waals surface area contributed by atoms with E-state index in [-0.39, 0.29) is 28.3 Å². The van der Waals surface area contributed by atoms with Crippen molar-refractivity contribution in [3.05, 3.63) is 46.1 Å². The van der Waals surface area contributed by atoms with Crippen LogP contribution in [-0.4, -0.2) is 61.2 Å². The summed E-state index contributed by atoms with van der Waals surface area (Å²) >= 11 is 0. The molecule has 1 fully saturated rings. The van der Waals surface area contributed by atoms with Crippen molar-refractivity contribution >= 4 is 11.7 Å². The van der Waals surface area contributed by atoms with Crippen LogP contribution in [0.3, 0.4) is 0 Å². The van der Waals surface area contributed by atoms with Gasteiger partial charge in [-0.15, -0.1) is 0 Å². The average Bonchev–Trinajstić information content (AvgIpc) is 3.29. The molecule has 0 aliphatic carbocycles. The molecule has 9 nitrogen and oxygen atoms in total. The lowest BCUT2D eigenvalue weighted by molar-refractivity contribution is -0.384. The first-order valence-electron chi connectivity index (χ1n) is 9.80. The molecule has 30 heavy (non-hydrogen) atoms. The van der Waals surface area contributed by atoms with Crippen molar-refractivity contribution in [1.29, 1.82) is 0 Å². The number of pyridine rings is 1. The zero-order valence-corrected chi connectivity index (χ0v) is 17.1. The number of esters is 1. The highest BCUT2D eigenvalue weighted by molar-refractivity contribution is 5.97. The number of carbonyl (C=O) groups is 1. The van der Waals surface area contributed by atoms with Gasteiger partial charge in [-0.05, 0) is 44.5 Å². The summed E-state index contributed by atoms with van der Waals surface area (Å²) in [6.45, 7) is 3.56. The van der Waals surface area contributed by atoms with Gasteiger partial charge in [0, 0.05) is 18.8 Å². The molecule has 0 unspecified atom stereocenters. The molecule has 0 spiro atoms. The van der Waals surface area contributed by atoms with Crippen LogP contribution in [-0.2, 0) is 4.74 Å². The van der Waals surface area contributed by atoms with Crippen molar-refractivity contribution in [1.82, 2.24) is 9.88 Å². The highest BCUT2D eigenvalue weighted by Crippen LogP contribution is 2.40. The Kier molecular flexibility index (Phi) is 7.18. The molecule has 2 heterocycles. The second kappa shape index (κ2) is 10.0. The highest BCUT2D eigenvalue weighted by atomic mass is 16.6. The van der Waals surface area contributed by atoms with Crippen LogP contribution < -0.4 is 9.47 Å². The molecule has 0 atom stereocenters. The van der Waals surface area contributed by atoms with E-state index in [1.54, 1.807) is 6.07 Å². The molecule has 0 bridgehead atoms. The summed E-state index contributed by atoms with van der Waals surface area (Å²) in [6, 6.07) is 5.87. The normalized spacial score (nSPS) is 13.8. The number of hydrogen-bond donors (Lipinski definition) is 0. The molecule has 1 aromatic carbocycles. The maximum atomic E-state index is 12.1. The minimum Gasteiger partial charge on any atom is -0.493 e. The number of methoxy groups -OCH3 is 2. The van der Waals surface area contributed by atoms with Crippen LogP contribution in [0, 0.1) is 10.1 Å². The predicted octanol–water partition coefficient (Wildman–Crippen LogP) is 3.32. The first-order chi connectivity index (χ1) is 14.5. The maximum absolute atomic E-state index is 12.1. The standard InChI is InChI=1S/C21H25N3O6/c1-28-18-13-16(20-15(21(25)29-2)7-5-8-22-20)17(24(26)27)14-19(18)30-12-6-11-23-9-3-4-10-23/h5,7-8,13-14H,3-4,6,9-12H2,1-2H3. The summed E-state index contributed by atoms with van der Waals surface area (Å²) in [5, 5.41) is 11.8. The largest absolute Gasteiger partial charge is 0.493 e. The van der Waals surface area contributed by atoms with Crippen molar-refractivity contribution in [3.8, 4) is 22.8 Å². The molecular formula is C21H25N3O6. The van der Waals surface area contributed by atoms with Crippen LogP contribution in [0.15, 0.2) is 30.5 Å². The fourth-order valence-electron chi connectivity index (χ4n) is 3.53. The molecule has 1 saturated heterocycles. The van der Waals surface area contributed by atoms with Crippen LogP contribution in [0.4, 0.5) is 5.69 Å². The first-order valence-corrected chi connectivity index (χ1v) is 9.80. The second-order valence-corrected chi connectivity index (χ2v) is 6.92. The third kappa shape index (κ3) is 4.85. The lowest BCUT2D eigenvalue weighted by Crippen LogP contribution is -2.22. The summed E-state index contributed by atoms with van der Waals surface area (Å²) in [6.07, 6.45) is 4.72. The monoisotopic (exact) mass is 415 g/mol. The van der Waals surface area contributed by atoms with E-state index < -0.39 is 10.9 Å². The number of rotatable bonds is 9. The van der Waals surface area contributed by atoms with Crippen molar-refractivity contribution in [2.24, 2.45) is 0 Å². The summed E-state index contributed by atoms with van der Waals surface area (Å²) in [4.78, 5) is 29.9. The Labute approximate surface area is 174 Å². The second-order valence-electron chi connectivity index (χ2n) is 6.92. The molecule has 1 aliphatic rings. The number of likely N-dealkylation sites (tertiary alicyclic amines) is 1. The number of benzene rings is 1. The van der Waals surface area contributed by atoms with E-state index >= 15 is 0 Å². The minimum atomic E-state index is -0.631. The van der Waals surface area contributed by atoms with E-state index in [9.17, 15) is 14.9 Å². The SMILES string of the molecule is COC(=O)c1cccnc1-c1cc(OC)c(OCCCN2CCCC2)cc1[N+](=O)[O-]. The van der Waals surface area contributed by atoms with Crippen LogP contribution in [0.5, 0.6) is 11.5 Å². The van der Waals surface area contributed by atoms with Gasteiger partial charge < -0.3 is 19.1 Å². The van der Waals surface area contributed by atoms with Gasteiger partial charge >= 0.3 is 5.97 Å². The van der Waals surface area contributed by atoms with Gasteiger partial charge in [-0.2, -0.15) is 0 Å². The summed E-state index contributed by atoms with van der Waals surface area (Å²) in [5.41, 5.74) is 0.204. The van der Waals surface area contributed by atoms with Gasteiger partial charge in [0.1, 0.15) is 0 Å². The zero-order valence-electron chi connectivity index (χ0n) is 17.1. The molecule has 1 aromatic heterocycles. The van der Waals surface area contributed by atoms with Crippen molar-refractivity contribution in [3.63, 3.8) is 0 Å². The van der Waals surface area contributed by atoms with E-state index in [1.807, 2.05) is 0 Å². The number of aromatic nitrogens is 1. The third-order valence-electron chi connectivity index (χ3n) is 5.02. The fourth-order valence-corrected chi connectivity index (χ4v) is 3.53. The van der Waals surface area contributed by atoms with Gasteiger partial charge in [0.2, 0.25) is 0 Å². The minimum absolute atomic E-state index is 0.129. The smallest absolute Gasteiger partial charge is 0.340 e. The van der Waals surface area contributed by atoms with Gasteiger partial charge in [0.05, 0.1) is 48.6 Å². The lowest BCUT2D eigenvalue weighted by Gasteiger charge is -2.16. The Balaban J connectivity index is 1.88. The van der Waals surface area contributed by atoms with E-state index in [0.717, 1.165) is 26.1 Å². The summed E-state index contributed by atoms with van der Waals surface area (Å²) in [7, 11) is 2.70. The van der Waals surface area contributed by atoms with E-state index in [1.165, 1.54) is 51.5 Å². The van der Waals surface area contributed by atoms with Crippen molar-refractivity contribution in [2.45, 2.75) is 19.3 Å². The Bertz CT molecular complexity index is 912. The molecular weight excluding hydrogens is 390 g/mol. The zero-order chi connectivity index (χ0) is 21.5. The predicted molar refractivity (Wildman–Crippen MR) is 110 cm³/mol. The first kappa shape index (κ1) is 21.5. The third-order valence-corrected chi connectivity index (χ3v) is 5.02. The number of hydrogen-bond acceptors (Lipinski definition) is 8. The van der Waals surface area contributed by atoms with Gasteiger partial charge in [-0.25, -0.2) is 4.79 Å². The van der Waals surface area contributed by atoms with Crippen LogP contribution in [0.25, 0.3) is 11.3 Å². The number of nitro benzene ring substituents is 1. The van der Waals surface area contributed by atoms with Crippen LogP contribution >= 0.6 is 0 Å². The number of nitro groups is 1. The van der Waals surface area contributed by atoms with Gasteiger partial charge in [-0.3, -0.25) is 15.1 Å². The fraction of sp³-hybridized carbons (Fsp3) is 0.429. The average molecular weight is 415 g/mol. The quantitative estimate of drug-likeness (QED) is 0.266. The Hall–Kier alpha value is -3.20. The molecule has 2 aromatic rings. The van der Waals surface area contributed by atoms with Gasteiger partial charge in [-0.1, -0.05) is 0 Å². The lowest BCUT2D eigenvalue weighted by atomic mass is 10.0. The van der Waals surface area contributed by atoms with Crippen LogP contribution in [0.1, 0.15) is 29.6 Å². The number of nitrogens with zero attached hydrogens (tertiary/aromatic N) is 3.